The zero-order chi connectivity index (χ0) is 22.7. The molecule has 8 heteroatoms. The lowest BCUT2D eigenvalue weighted by Gasteiger charge is -2.19. The average molecular weight is 435 g/mol. The summed E-state index contributed by atoms with van der Waals surface area (Å²) in [5.41, 5.74) is 3.86. The molecule has 32 heavy (non-hydrogen) atoms. The van der Waals surface area contributed by atoms with Crippen LogP contribution < -0.4 is 5.32 Å². The molecule has 0 unspecified atom stereocenters. The fourth-order valence-corrected chi connectivity index (χ4v) is 3.91. The van der Waals surface area contributed by atoms with Gasteiger partial charge in [0.15, 0.2) is 5.76 Å². The number of hydrogen-bond donors (Lipinski definition) is 1. The maximum Gasteiger partial charge on any atom is 0.293 e. The summed E-state index contributed by atoms with van der Waals surface area (Å²) in [4.78, 5) is 19.9. The van der Waals surface area contributed by atoms with Crippen LogP contribution in [0.2, 0.25) is 0 Å². The van der Waals surface area contributed by atoms with Crippen molar-refractivity contribution in [1.29, 1.82) is 0 Å². The van der Waals surface area contributed by atoms with E-state index in [1.54, 1.807) is 6.07 Å². The first-order valence-corrected chi connectivity index (χ1v) is 11.1. The quantitative estimate of drug-likeness (QED) is 0.429. The van der Waals surface area contributed by atoms with E-state index < -0.39 is 0 Å². The number of rotatable bonds is 9. The Hall–Kier alpha value is -3.39. The number of carbonyl (C=O) groups excluding carboxylic acids is 1. The number of carbonyl (C=O) groups is 1. The highest BCUT2D eigenvalue weighted by Gasteiger charge is 2.18. The van der Waals surface area contributed by atoms with Crippen molar-refractivity contribution in [1.82, 2.24) is 24.2 Å². The molecule has 1 aromatic carbocycles. The zero-order valence-corrected chi connectivity index (χ0v) is 19.1. The number of anilines is 1. The van der Waals surface area contributed by atoms with E-state index in [2.05, 4.69) is 38.7 Å². The Morgan fingerprint density at radius 3 is 2.62 bits per heavy atom. The molecule has 0 atom stereocenters. The average Bonchev–Trinajstić information content (AvgIpc) is 3.47. The summed E-state index contributed by atoms with van der Waals surface area (Å²) in [5.74, 6) is 1.14. The molecular weight excluding hydrogens is 404 g/mol. The molecule has 0 fully saturated rings. The third-order valence-corrected chi connectivity index (χ3v) is 5.71. The topological polar surface area (TPSA) is 81.1 Å². The Morgan fingerprint density at radius 2 is 1.91 bits per heavy atom. The number of nitrogens with one attached hydrogen (secondary N) is 1. The Bertz CT molecular complexity index is 1210. The molecule has 1 amide bonds. The zero-order valence-electron chi connectivity index (χ0n) is 19.1. The minimum absolute atomic E-state index is 0.254. The van der Waals surface area contributed by atoms with E-state index in [1.807, 2.05) is 54.9 Å². The standard InChI is InChI=1S/C24H30N6O2/c1-5-28(6-2)13-14-29-21-10-8-7-9-20(21)25-24(29)26-23(31)22-12-11-19(32-22)16-30-18(4)15-17(3)27-30/h7-12,15H,5-6,13-14,16H2,1-4H3,(H,25,26,31). The lowest BCUT2D eigenvalue weighted by molar-refractivity contribution is 0.0993. The van der Waals surface area contributed by atoms with Crippen LogP contribution in [0.3, 0.4) is 0 Å². The van der Waals surface area contributed by atoms with E-state index in [0.717, 1.165) is 48.6 Å². The van der Waals surface area contributed by atoms with Gasteiger partial charge in [-0.1, -0.05) is 26.0 Å². The van der Waals surface area contributed by atoms with Gasteiger partial charge in [-0.25, -0.2) is 4.98 Å². The highest BCUT2D eigenvalue weighted by atomic mass is 16.4. The highest BCUT2D eigenvalue weighted by Crippen LogP contribution is 2.21. The van der Waals surface area contributed by atoms with Crippen molar-refractivity contribution in [3.63, 3.8) is 0 Å². The SMILES string of the molecule is CCN(CC)CCn1c(NC(=O)c2ccc(Cn3nc(C)cc3C)o2)nc2ccccc21. The van der Waals surface area contributed by atoms with Crippen LogP contribution in [0.1, 0.15) is 41.6 Å². The summed E-state index contributed by atoms with van der Waals surface area (Å²) < 4.78 is 9.74. The van der Waals surface area contributed by atoms with Gasteiger partial charge >= 0.3 is 0 Å². The second kappa shape index (κ2) is 9.40. The van der Waals surface area contributed by atoms with Crippen LogP contribution in [0.25, 0.3) is 11.0 Å². The molecule has 0 bridgehead atoms. The summed E-state index contributed by atoms with van der Waals surface area (Å²) in [6.45, 7) is 12.3. The fraction of sp³-hybridized carbons (Fsp3) is 0.375. The van der Waals surface area contributed by atoms with E-state index in [4.69, 9.17) is 4.42 Å². The minimum Gasteiger partial charge on any atom is -0.454 e. The third-order valence-electron chi connectivity index (χ3n) is 5.71. The van der Waals surface area contributed by atoms with Crippen LogP contribution in [0.15, 0.2) is 46.9 Å². The first kappa shape index (κ1) is 21.8. The van der Waals surface area contributed by atoms with Gasteiger partial charge < -0.3 is 13.9 Å². The Kier molecular flexibility index (Phi) is 6.41. The molecule has 0 aliphatic rings. The van der Waals surface area contributed by atoms with Gasteiger partial charge in [-0.05, 0) is 57.3 Å². The Morgan fingerprint density at radius 1 is 1.12 bits per heavy atom. The number of furan rings is 1. The van der Waals surface area contributed by atoms with Crippen LogP contribution >= 0.6 is 0 Å². The summed E-state index contributed by atoms with van der Waals surface area (Å²) in [7, 11) is 0. The number of likely N-dealkylation sites (N-methyl/N-ethyl adjacent to an activating group) is 1. The molecule has 3 aromatic heterocycles. The monoisotopic (exact) mass is 434 g/mol. The van der Waals surface area contributed by atoms with Crippen LogP contribution in [0, 0.1) is 13.8 Å². The Labute approximate surface area is 187 Å². The predicted molar refractivity (Wildman–Crippen MR) is 125 cm³/mol. The molecule has 1 N–H and O–H groups in total. The van der Waals surface area contributed by atoms with Gasteiger partial charge in [-0.15, -0.1) is 0 Å². The highest BCUT2D eigenvalue weighted by molar-refractivity contribution is 6.02. The van der Waals surface area contributed by atoms with Crippen molar-refractivity contribution in [2.75, 3.05) is 25.0 Å². The van der Waals surface area contributed by atoms with E-state index in [9.17, 15) is 4.79 Å². The van der Waals surface area contributed by atoms with E-state index in [0.29, 0.717) is 18.3 Å². The van der Waals surface area contributed by atoms with Crippen molar-refractivity contribution in [3.8, 4) is 0 Å². The molecule has 4 rings (SSSR count). The Balaban J connectivity index is 1.53. The van der Waals surface area contributed by atoms with Crippen LogP contribution in [-0.2, 0) is 13.1 Å². The minimum atomic E-state index is -0.316. The van der Waals surface area contributed by atoms with E-state index >= 15 is 0 Å². The fourth-order valence-electron chi connectivity index (χ4n) is 3.91. The second-order valence-corrected chi connectivity index (χ2v) is 7.91. The van der Waals surface area contributed by atoms with Gasteiger partial charge in [0, 0.05) is 18.8 Å². The van der Waals surface area contributed by atoms with Crippen molar-refractivity contribution in [2.24, 2.45) is 0 Å². The predicted octanol–water partition coefficient (Wildman–Crippen LogP) is 4.09. The molecule has 4 aromatic rings. The molecule has 0 aliphatic carbocycles. The number of fused-ring (bicyclic) bond motifs is 1. The van der Waals surface area contributed by atoms with Gasteiger partial charge in [0.05, 0.1) is 23.3 Å². The first-order valence-electron chi connectivity index (χ1n) is 11.1. The number of aromatic nitrogens is 4. The normalized spacial score (nSPS) is 11.5. The molecule has 168 valence electrons. The van der Waals surface area contributed by atoms with Crippen LogP contribution in [-0.4, -0.2) is 49.8 Å². The summed E-state index contributed by atoms with van der Waals surface area (Å²) in [5, 5.41) is 7.40. The number of nitrogens with zero attached hydrogens (tertiary/aromatic N) is 5. The molecule has 0 aliphatic heterocycles. The van der Waals surface area contributed by atoms with E-state index in [1.165, 1.54) is 0 Å². The molecule has 0 saturated heterocycles. The first-order chi connectivity index (χ1) is 15.5. The number of aryl methyl sites for hydroxylation is 2. The van der Waals surface area contributed by atoms with Crippen molar-refractivity contribution >= 4 is 22.9 Å². The van der Waals surface area contributed by atoms with Gasteiger partial charge in [0.2, 0.25) is 5.95 Å². The van der Waals surface area contributed by atoms with Crippen LogP contribution in [0.4, 0.5) is 5.95 Å². The van der Waals surface area contributed by atoms with Gasteiger partial charge in [0.25, 0.3) is 5.91 Å². The summed E-state index contributed by atoms with van der Waals surface area (Å²) in [6, 6.07) is 13.4. The molecular formula is C24H30N6O2. The van der Waals surface area contributed by atoms with E-state index in [-0.39, 0.29) is 11.7 Å². The van der Waals surface area contributed by atoms with Crippen molar-refractivity contribution in [3.05, 3.63) is 65.4 Å². The molecule has 0 radical (unpaired) electrons. The molecule has 3 heterocycles. The largest absolute Gasteiger partial charge is 0.454 e. The smallest absolute Gasteiger partial charge is 0.293 e. The lowest BCUT2D eigenvalue weighted by atomic mass is 10.3. The van der Waals surface area contributed by atoms with Crippen molar-refractivity contribution < 1.29 is 9.21 Å². The van der Waals surface area contributed by atoms with Gasteiger partial charge in [-0.2, -0.15) is 5.10 Å². The molecule has 0 spiro atoms. The maximum absolute atomic E-state index is 12.9. The van der Waals surface area contributed by atoms with Gasteiger partial charge in [-0.3, -0.25) is 14.8 Å². The number of imidazole rings is 1. The maximum atomic E-state index is 12.9. The summed E-state index contributed by atoms with van der Waals surface area (Å²) in [6.07, 6.45) is 0. The van der Waals surface area contributed by atoms with Crippen molar-refractivity contribution in [2.45, 2.75) is 40.8 Å². The number of para-hydroxylation sites is 2. The lowest BCUT2D eigenvalue weighted by Crippen LogP contribution is -2.27. The molecule has 8 nitrogen and oxygen atoms in total. The van der Waals surface area contributed by atoms with Crippen LogP contribution in [0.5, 0.6) is 0 Å². The number of benzene rings is 1. The number of amides is 1. The second-order valence-electron chi connectivity index (χ2n) is 7.91. The molecule has 0 saturated carbocycles. The third kappa shape index (κ3) is 4.60. The summed E-state index contributed by atoms with van der Waals surface area (Å²) >= 11 is 0. The van der Waals surface area contributed by atoms with Gasteiger partial charge in [0.1, 0.15) is 5.76 Å². The number of hydrogen-bond acceptors (Lipinski definition) is 5.